The smallest absolute Gasteiger partial charge is 0.264 e. The van der Waals surface area contributed by atoms with Crippen LogP contribution >= 0.6 is 0 Å². The molecule has 2 aromatic heterocycles. The first kappa shape index (κ1) is 12.8. The van der Waals surface area contributed by atoms with Crippen molar-refractivity contribution in [3.05, 3.63) is 22.9 Å². The molecule has 0 saturated carbocycles. The minimum atomic E-state index is -0.105. The van der Waals surface area contributed by atoms with E-state index < -0.39 is 0 Å². The lowest BCUT2D eigenvalue weighted by Crippen LogP contribution is -2.41. The van der Waals surface area contributed by atoms with E-state index in [0.717, 1.165) is 0 Å². The normalized spacial score (nSPS) is 14.1. The predicted octanol–water partition coefficient (Wildman–Crippen LogP) is 0.503. The van der Waals surface area contributed by atoms with Crippen molar-refractivity contribution in [3.63, 3.8) is 0 Å². The summed E-state index contributed by atoms with van der Waals surface area (Å²) in [6.45, 7) is 6.62. The third kappa shape index (κ3) is 2.15. The Morgan fingerprint density at radius 2 is 2.11 bits per heavy atom. The molecule has 18 heavy (non-hydrogen) atoms. The summed E-state index contributed by atoms with van der Waals surface area (Å²) >= 11 is 0. The van der Waals surface area contributed by atoms with Crippen LogP contribution in [0.3, 0.4) is 0 Å². The molecule has 0 aliphatic rings. The summed E-state index contributed by atoms with van der Waals surface area (Å²) < 4.78 is 3.14. The third-order valence-electron chi connectivity index (χ3n) is 3.22. The highest BCUT2D eigenvalue weighted by molar-refractivity contribution is 5.72. The van der Waals surface area contributed by atoms with Crippen LogP contribution < -0.4 is 11.3 Å². The van der Waals surface area contributed by atoms with Gasteiger partial charge >= 0.3 is 0 Å². The van der Waals surface area contributed by atoms with Gasteiger partial charge in [0.25, 0.3) is 5.56 Å². The average Bonchev–Trinajstić information content (AvgIpc) is 2.64. The maximum absolute atomic E-state index is 12.2. The molecule has 6 nitrogen and oxygen atoms in total. The van der Waals surface area contributed by atoms with E-state index in [1.807, 2.05) is 0 Å². The van der Waals surface area contributed by atoms with Gasteiger partial charge in [-0.1, -0.05) is 20.8 Å². The van der Waals surface area contributed by atoms with E-state index in [-0.39, 0.29) is 17.0 Å². The van der Waals surface area contributed by atoms with Crippen LogP contribution in [-0.2, 0) is 13.6 Å². The van der Waals surface area contributed by atoms with E-state index in [1.54, 1.807) is 22.5 Å². The molecule has 98 valence electrons. The topological polar surface area (TPSA) is 78.7 Å². The Morgan fingerprint density at radius 1 is 1.44 bits per heavy atom. The molecule has 2 heterocycles. The molecule has 0 bridgehead atoms. The molecule has 6 heteroatoms. The van der Waals surface area contributed by atoms with Crippen molar-refractivity contribution in [1.29, 1.82) is 0 Å². The lowest BCUT2D eigenvalue weighted by atomic mass is 9.87. The summed E-state index contributed by atoms with van der Waals surface area (Å²) in [7, 11) is 1.76. The van der Waals surface area contributed by atoms with Crippen molar-refractivity contribution in [2.45, 2.75) is 33.4 Å². The summed E-state index contributed by atoms with van der Waals surface area (Å²) in [6.07, 6.45) is 3.09. The van der Waals surface area contributed by atoms with E-state index in [9.17, 15) is 4.79 Å². The zero-order valence-corrected chi connectivity index (χ0v) is 11.2. The van der Waals surface area contributed by atoms with Crippen LogP contribution in [0.5, 0.6) is 0 Å². The van der Waals surface area contributed by atoms with Gasteiger partial charge in [0.2, 0.25) is 0 Å². The highest BCUT2D eigenvalue weighted by Gasteiger charge is 2.21. The van der Waals surface area contributed by atoms with Crippen LogP contribution in [0, 0.1) is 5.41 Å². The number of aromatic nitrogens is 4. The predicted molar refractivity (Wildman–Crippen MR) is 70.2 cm³/mol. The SMILES string of the molecule is Cn1ncc2c(=O)n(CC(N)C(C)(C)C)cnc21. The molecular weight excluding hydrogens is 230 g/mol. The van der Waals surface area contributed by atoms with Gasteiger partial charge in [0.05, 0.1) is 6.20 Å². The van der Waals surface area contributed by atoms with Gasteiger partial charge in [-0.2, -0.15) is 5.10 Å². The molecular formula is C12H19N5O. The second-order valence-corrected chi connectivity index (χ2v) is 5.68. The molecule has 0 amide bonds. The first-order valence-corrected chi connectivity index (χ1v) is 5.93. The first-order valence-electron chi connectivity index (χ1n) is 5.93. The van der Waals surface area contributed by atoms with Crippen molar-refractivity contribution >= 4 is 11.0 Å². The molecule has 0 aliphatic heterocycles. The number of nitrogens with two attached hydrogens (primary N) is 1. The second-order valence-electron chi connectivity index (χ2n) is 5.68. The van der Waals surface area contributed by atoms with E-state index in [1.165, 1.54) is 6.33 Å². The zero-order valence-electron chi connectivity index (χ0n) is 11.2. The molecule has 0 aliphatic carbocycles. The summed E-state index contributed by atoms with van der Waals surface area (Å²) in [4.78, 5) is 16.5. The van der Waals surface area contributed by atoms with Crippen molar-refractivity contribution in [2.75, 3.05) is 0 Å². The number of rotatable bonds is 2. The maximum atomic E-state index is 12.2. The molecule has 0 saturated heterocycles. The monoisotopic (exact) mass is 249 g/mol. The van der Waals surface area contributed by atoms with E-state index >= 15 is 0 Å². The Balaban J connectivity index is 2.41. The van der Waals surface area contributed by atoms with Gasteiger partial charge in [-0.3, -0.25) is 14.0 Å². The maximum Gasteiger partial charge on any atom is 0.264 e. The highest BCUT2D eigenvalue weighted by Crippen LogP contribution is 2.18. The Kier molecular flexibility index (Phi) is 2.98. The van der Waals surface area contributed by atoms with E-state index in [2.05, 4.69) is 30.9 Å². The van der Waals surface area contributed by atoms with Gasteiger partial charge in [0.15, 0.2) is 5.65 Å². The van der Waals surface area contributed by atoms with Crippen LogP contribution in [0.1, 0.15) is 20.8 Å². The third-order valence-corrected chi connectivity index (χ3v) is 3.22. The van der Waals surface area contributed by atoms with Crippen LogP contribution in [-0.4, -0.2) is 25.4 Å². The fourth-order valence-corrected chi connectivity index (χ4v) is 1.68. The molecule has 0 radical (unpaired) electrons. The number of hydrogen-bond acceptors (Lipinski definition) is 4. The Labute approximate surface area is 105 Å². The molecule has 0 spiro atoms. The molecule has 0 aromatic carbocycles. The lowest BCUT2D eigenvalue weighted by Gasteiger charge is -2.27. The van der Waals surface area contributed by atoms with Gasteiger partial charge in [-0.25, -0.2) is 4.98 Å². The summed E-state index contributed by atoms with van der Waals surface area (Å²) in [5, 5.41) is 4.56. The Morgan fingerprint density at radius 3 is 2.72 bits per heavy atom. The minimum Gasteiger partial charge on any atom is -0.326 e. The summed E-state index contributed by atoms with van der Waals surface area (Å²) in [6, 6.07) is -0.105. The minimum absolute atomic E-state index is 0.0522. The molecule has 1 unspecified atom stereocenters. The van der Waals surface area contributed by atoms with E-state index in [4.69, 9.17) is 5.73 Å². The lowest BCUT2D eigenvalue weighted by molar-refractivity contribution is 0.289. The molecule has 2 rings (SSSR count). The van der Waals surface area contributed by atoms with Crippen molar-refractivity contribution in [2.24, 2.45) is 18.2 Å². The quantitative estimate of drug-likeness (QED) is 0.840. The first-order chi connectivity index (χ1) is 8.30. The Bertz CT molecular complexity index is 619. The van der Waals surface area contributed by atoms with E-state index in [0.29, 0.717) is 17.6 Å². The largest absolute Gasteiger partial charge is 0.326 e. The molecule has 2 N–H and O–H groups in total. The summed E-state index contributed by atoms with van der Waals surface area (Å²) in [5.74, 6) is 0. The molecule has 1 atom stereocenters. The number of nitrogens with zero attached hydrogens (tertiary/aromatic N) is 4. The fourth-order valence-electron chi connectivity index (χ4n) is 1.68. The van der Waals surface area contributed by atoms with Crippen LogP contribution in [0.2, 0.25) is 0 Å². The van der Waals surface area contributed by atoms with Crippen LogP contribution in [0.4, 0.5) is 0 Å². The van der Waals surface area contributed by atoms with Gasteiger partial charge in [0, 0.05) is 19.6 Å². The zero-order chi connectivity index (χ0) is 13.5. The standard InChI is InChI=1S/C12H19N5O/c1-12(2,3)9(13)6-17-7-14-10-8(11(17)18)5-15-16(10)4/h5,7,9H,6,13H2,1-4H3. The number of fused-ring (bicyclic) bond motifs is 1. The Hall–Kier alpha value is -1.69. The average molecular weight is 249 g/mol. The number of aryl methyl sites for hydroxylation is 1. The second kappa shape index (κ2) is 4.20. The van der Waals surface area contributed by atoms with Gasteiger partial charge < -0.3 is 5.73 Å². The van der Waals surface area contributed by atoms with Gasteiger partial charge in [-0.15, -0.1) is 0 Å². The van der Waals surface area contributed by atoms with Crippen molar-refractivity contribution in [1.82, 2.24) is 19.3 Å². The molecule has 0 fully saturated rings. The summed E-state index contributed by atoms with van der Waals surface area (Å²) in [5.41, 5.74) is 6.55. The number of hydrogen-bond donors (Lipinski definition) is 1. The fraction of sp³-hybridized carbons (Fsp3) is 0.583. The van der Waals surface area contributed by atoms with Crippen molar-refractivity contribution < 1.29 is 0 Å². The highest BCUT2D eigenvalue weighted by atomic mass is 16.1. The van der Waals surface area contributed by atoms with Gasteiger partial charge in [-0.05, 0) is 5.41 Å². The van der Waals surface area contributed by atoms with Crippen LogP contribution in [0.25, 0.3) is 11.0 Å². The molecule has 2 aromatic rings. The van der Waals surface area contributed by atoms with Gasteiger partial charge in [0.1, 0.15) is 11.7 Å². The van der Waals surface area contributed by atoms with Crippen LogP contribution in [0.15, 0.2) is 17.3 Å². The van der Waals surface area contributed by atoms with Crippen molar-refractivity contribution in [3.8, 4) is 0 Å².